The standard InChI is InChI=1S/C14H19F4NO2/c1-3-6-19-10(2)12-9-11(15)4-5-13(12)20-7-8-21-14(16,17)18/h4-5,9-10,19H,3,6-8H2,1-2H3. The molecule has 21 heavy (non-hydrogen) atoms. The van der Waals surface area contributed by atoms with Crippen molar-refractivity contribution in [1.29, 1.82) is 0 Å². The molecular weight excluding hydrogens is 290 g/mol. The van der Waals surface area contributed by atoms with E-state index >= 15 is 0 Å². The maximum absolute atomic E-state index is 13.3. The molecule has 0 aliphatic carbocycles. The summed E-state index contributed by atoms with van der Waals surface area (Å²) in [5, 5.41) is 3.17. The molecule has 0 saturated heterocycles. The van der Waals surface area contributed by atoms with Gasteiger partial charge in [-0.3, -0.25) is 4.74 Å². The van der Waals surface area contributed by atoms with Crippen LogP contribution >= 0.6 is 0 Å². The molecule has 0 aliphatic rings. The molecule has 0 heterocycles. The lowest BCUT2D eigenvalue weighted by molar-refractivity contribution is -0.325. The molecule has 0 saturated carbocycles. The first kappa shape index (κ1) is 17.7. The SMILES string of the molecule is CCCNC(C)c1cc(F)ccc1OCCOC(F)(F)F. The Morgan fingerprint density at radius 2 is 1.95 bits per heavy atom. The fourth-order valence-electron chi connectivity index (χ4n) is 1.77. The van der Waals surface area contributed by atoms with Crippen molar-refractivity contribution in [3.8, 4) is 5.75 Å². The molecular formula is C14H19F4NO2. The van der Waals surface area contributed by atoms with Gasteiger partial charge in [0.2, 0.25) is 0 Å². The van der Waals surface area contributed by atoms with Crippen molar-refractivity contribution in [2.75, 3.05) is 19.8 Å². The van der Waals surface area contributed by atoms with Crippen LogP contribution < -0.4 is 10.1 Å². The molecule has 1 atom stereocenters. The van der Waals surface area contributed by atoms with Gasteiger partial charge < -0.3 is 10.1 Å². The Morgan fingerprint density at radius 3 is 2.57 bits per heavy atom. The van der Waals surface area contributed by atoms with Crippen molar-refractivity contribution >= 4 is 0 Å². The third kappa shape index (κ3) is 6.77. The average molecular weight is 309 g/mol. The molecule has 0 amide bonds. The van der Waals surface area contributed by atoms with E-state index in [1.807, 2.05) is 13.8 Å². The second kappa shape index (κ2) is 8.19. The van der Waals surface area contributed by atoms with Crippen molar-refractivity contribution in [3.63, 3.8) is 0 Å². The van der Waals surface area contributed by atoms with E-state index in [0.29, 0.717) is 11.3 Å². The minimum Gasteiger partial charge on any atom is -0.491 e. The van der Waals surface area contributed by atoms with Crippen LogP contribution in [0.3, 0.4) is 0 Å². The molecule has 0 radical (unpaired) electrons. The molecule has 1 aromatic carbocycles. The first-order chi connectivity index (χ1) is 9.83. The Balaban J connectivity index is 2.64. The fourth-order valence-corrected chi connectivity index (χ4v) is 1.77. The quantitative estimate of drug-likeness (QED) is 0.585. The van der Waals surface area contributed by atoms with Crippen molar-refractivity contribution in [2.24, 2.45) is 0 Å². The largest absolute Gasteiger partial charge is 0.522 e. The molecule has 120 valence electrons. The summed E-state index contributed by atoms with van der Waals surface area (Å²) in [7, 11) is 0. The second-order valence-electron chi connectivity index (χ2n) is 4.50. The van der Waals surface area contributed by atoms with Crippen LogP contribution in [-0.4, -0.2) is 26.1 Å². The van der Waals surface area contributed by atoms with Crippen LogP contribution in [0.15, 0.2) is 18.2 Å². The number of alkyl halides is 3. The van der Waals surface area contributed by atoms with E-state index in [2.05, 4.69) is 10.1 Å². The van der Waals surface area contributed by atoms with E-state index in [9.17, 15) is 17.6 Å². The van der Waals surface area contributed by atoms with Gasteiger partial charge >= 0.3 is 6.36 Å². The Kier molecular flexibility index (Phi) is 6.91. The number of ether oxygens (including phenoxy) is 2. The molecule has 0 aromatic heterocycles. The Morgan fingerprint density at radius 1 is 1.24 bits per heavy atom. The van der Waals surface area contributed by atoms with Crippen LogP contribution in [0, 0.1) is 5.82 Å². The minimum absolute atomic E-state index is 0.167. The van der Waals surface area contributed by atoms with Crippen LogP contribution in [0.1, 0.15) is 31.9 Å². The number of hydrogen-bond donors (Lipinski definition) is 1. The number of nitrogens with one attached hydrogen (secondary N) is 1. The highest BCUT2D eigenvalue weighted by molar-refractivity contribution is 5.36. The van der Waals surface area contributed by atoms with Gasteiger partial charge in [0.15, 0.2) is 0 Å². The second-order valence-corrected chi connectivity index (χ2v) is 4.50. The van der Waals surface area contributed by atoms with Crippen molar-refractivity contribution in [2.45, 2.75) is 32.7 Å². The zero-order valence-electron chi connectivity index (χ0n) is 12.0. The molecule has 0 spiro atoms. The molecule has 1 rings (SSSR count). The highest BCUT2D eigenvalue weighted by Crippen LogP contribution is 2.26. The average Bonchev–Trinajstić information content (AvgIpc) is 2.41. The van der Waals surface area contributed by atoms with Crippen LogP contribution in [-0.2, 0) is 4.74 Å². The van der Waals surface area contributed by atoms with Crippen molar-refractivity contribution in [3.05, 3.63) is 29.6 Å². The van der Waals surface area contributed by atoms with E-state index < -0.39 is 18.8 Å². The third-order valence-electron chi connectivity index (χ3n) is 2.75. The van der Waals surface area contributed by atoms with Crippen LogP contribution in [0.2, 0.25) is 0 Å². The molecule has 1 unspecified atom stereocenters. The van der Waals surface area contributed by atoms with Gasteiger partial charge in [0.05, 0.1) is 6.61 Å². The lowest BCUT2D eigenvalue weighted by Crippen LogP contribution is -2.21. The Labute approximate surface area is 121 Å². The number of rotatable bonds is 8. The molecule has 0 aliphatic heterocycles. The van der Waals surface area contributed by atoms with E-state index in [1.165, 1.54) is 18.2 Å². The Bertz CT molecular complexity index is 437. The molecule has 7 heteroatoms. The molecule has 1 aromatic rings. The summed E-state index contributed by atoms with van der Waals surface area (Å²) in [6.07, 6.45) is -3.76. The summed E-state index contributed by atoms with van der Waals surface area (Å²) in [4.78, 5) is 0. The first-order valence-corrected chi connectivity index (χ1v) is 6.69. The summed E-state index contributed by atoms with van der Waals surface area (Å²) >= 11 is 0. The lowest BCUT2D eigenvalue weighted by atomic mass is 10.1. The summed E-state index contributed by atoms with van der Waals surface area (Å²) in [6.45, 7) is 3.70. The van der Waals surface area contributed by atoms with E-state index in [-0.39, 0.29) is 12.6 Å². The molecule has 0 bridgehead atoms. The normalized spacial score (nSPS) is 13.2. The number of benzene rings is 1. The fraction of sp³-hybridized carbons (Fsp3) is 0.571. The molecule has 0 fully saturated rings. The predicted octanol–water partition coefficient (Wildman–Crippen LogP) is 3.80. The van der Waals surface area contributed by atoms with Gasteiger partial charge in [-0.15, -0.1) is 13.2 Å². The van der Waals surface area contributed by atoms with Crippen molar-refractivity contribution in [1.82, 2.24) is 5.32 Å². The predicted molar refractivity (Wildman–Crippen MR) is 70.6 cm³/mol. The smallest absolute Gasteiger partial charge is 0.491 e. The van der Waals surface area contributed by atoms with E-state index in [4.69, 9.17) is 4.74 Å². The Hall–Kier alpha value is -1.34. The van der Waals surface area contributed by atoms with Crippen LogP contribution in [0.5, 0.6) is 5.75 Å². The maximum atomic E-state index is 13.3. The monoisotopic (exact) mass is 309 g/mol. The number of hydrogen-bond acceptors (Lipinski definition) is 3. The summed E-state index contributed by atoms with van der Waals surface area (Å²) in [5.74, 6) is -0.0766. The summed E-state index contributed by atoms with van der Waals surface area (Å²) in [5.41, 5.74) is 0.565. The zero-order chi connectivity index (χ0) is 15.9. The van der Waals surface area contributed by atoms with Gasteiger partial charge in [0, 0.05) is 11.6 Å². The molecule has 1 N–H and O–H groups in total. The van der Waals surface area contributed by atoms with Crippen LogP contribution in [0.25, 0.3) is 0 Å². The van der Waals surface area contributed by atoms with Gasteiger partial charge in [0.1, 0.15) is 18.2 Å². The topological polar surface area (TPSA) is 30.5 Å². The molecule has 3 nitrogen and oxygen atoms in total. The van der Waals surface area contributed by atoms with Gasteiger partial charge in [-0.05, 0) is 38.1 Å². The van der Waals surface area contributed by atoms with E-state index in [0.717, 1.165) is 13.0 Å². The maximum Gasteiger partial charge on any atom is 0.522 e. The highest BCUT2D eigenvalue weighted by atomic mass is 19.4. The van der Waals surface area contributed by atoms with Crippen LogP contribution in [0.4, 0.5) is 17.6 Å². The summed E-state index contributed by atoms with van der Waals surface area (Å²) < 4.78 is 57.7. The minimum atomic E-state index is -4.68. The van der Waals surface area contributed by atoms with Gasteiger partial charge in [0.25, 0.3) is 0 Å². The van der Waals surface area contributed by atoms with Gasteiger partial charge in [-0.25, -0.2) is 4.39 Å². The third-order valence-corrected chi connectivity index (χ3v) is 2.75. The summed E-state index contributed by atoms with van der Waals surface area (Å²) in [6, 6.07) is 3.75. The van der Waals surface area contributed by atoms with Gasteiger partial charge in [-0.1, -0.05) is 6.92 Å². The first-order valence-electron chi connectivity index (χ1n) is 6.69. The lowest BCUT2D eigenvalue weighted by Gasteiger charge is -2.18. The zero-order valence-corrected chi connectivity index (χ0v) is 12.0. The number of halogens is 4. The van der Waals surface area contributed by atoms with Gasteiger partial charge in [-0.2, -0.15) is 0 Å². The van der Waals surface area contributed by atoms with Crippen molar-refractivity contribution < 1.29 is 27.0 Å². The highest BCUT2D eigenvalue weighted by Gasteiger charge is 2.28. The van der Waals surface area contributed by atoms with E-state index in [1.54, 1.807) is 0 Å².